The first-order chi connectivity index (χ1) is 18.3. The lowest BCUT2D eigenvalue weighted by atomic mass is 9.87. The van der Waals surface area contributed by atoms with Crippen LogP contribution in [0, 0.1) is 0 Å². The molecular formula is C22H27F17O4. The molecule has 258 valence electrons. The van der Waals surface area contributed by atoms with Gasteiger partial charge in [-0.3, -0.25) is 4.74 Å². The van der Waals surface area contributed by atoms with Gasteiger partial charge in [0.2, 0.25) is 11.5 Å². The van der Waals surface area contributed by atoms with Crippen molar-refractivity contribution in [3.63, 3.8) is 0 Å². The predicted octanol–water partition coefficient (Wildman–Crippen LogP) is 8.82. The monoisotopic (exact) mass is 678 g/mol. The Morgan fingerprint density at radius 3 is 1.21 bits per heavy atom. The summed E-state index contributed by atoms with van der Waals surface area (Å²) in [4.78, 5) is 0. The molecule has 0 radical (unpaired) electrons. The van der Waals surface area contributed by atoms with E-state index in [1.54, 1.807) is 0 Å². The van der Waals surface area contributed by atoms with Crippen LogP contribution < -0.4 is 0 Å². The summed E-state index contributed by atoms with van der Waals surface area (Å²) < 4.78 is 233. The van der Waals surface area contributed by atoms with Crippen molar-refractivity contribution in [3.8, 4) is 0 Å². The van der Waals surface area contributed by atoms with Gasteiger partial charge in [-0.15, -0.1) is 0 Å². The first-order valence-corrected chi connectivity index (χ1v) is 11.8. The molecule has 0 bridgehead atoms. The summed E-state index contributed by atoms with van der Waals surface area (Å²) in [6.45, 7) is 1.70. The van der Waals surface area contributed by atoms with Gasteiger partial charge < -0.3 is 14.2 Å². The van der Waals surface area contributed by atoms with Crippen molar-refractivity contribution in [2.45, 2.75) is 132 Å². The summed E-state index contributed by atoms with van der Waals surface area (Å²) in [5.41, 5.74) is -7.07. The first kappa shape index (κ1) is 39.7. The highest BCUT2D eigenvalue weighted by atomic mass is 19.4. The Kier molecular flexibility index (Phi) is 9.78. The van der Waals surface area contributed by atoms with E-state index in [-0.39, 0.29) is 13.8 Å². The molecule has 0 aliphatic carbocycles. The van der Waals surface area contributed by atoms with E-state index in [2.05, 4.69) is 18.9 Å². The minimum Gasteiger partial charge on any atom is -0.333 e. The Balaban J connectivity index is 0.000000323. The predicted molar refractivity (Wildman–Crippen MR) is 110 cm³/mol. The van der Waals surface area contributed by atoms with Gasteiger partial charge in [0.05, 0.1) is 6.61 Å². The van der Waals surface area contributed by atoms with Crippen molar-refractivity contribution in [2.24, 2.45) is 0 Å². The van der Waals surface area contributed by atoms with Crippen molar-refractivity contribution in [1.82, 2.24) is 0 Å². The molecule has 0 aromatic carbocycles. The number of ether oxygens (including phenoxy) is 4. The van der Waals surface area contributed by atoms with Crippen LogP contribution in [-0.4, -0.2) is 77.2 Å². The Hall–Kier alpha value is -1.35. The Bertz CT molecular complexity index is 964. The van der Waals surface area contributed by atoms with E-state index in [1.165, 1.54) is 0 Å². The molecule has 3 aliphatic heterocycles. The van der Waals surface area contributed by atoms with Gasteiger partial charge in [-0.1, -0.05) is 6.92 Å². The number of hydrogen-bond donors (Lipinski definition) is 0. The van der Waals surface area contributed by atoms with Crippen molar-refractivity contribution in [2.75, 3.05) is 6.61 Å². The van der Waals surface area contributed by atoms with Crippen LogP contribution in [0.3, 0.4) is 0 Å². The van der Waals surface area contributed by atoms with Gasteiger partial charge in [-0.2, -0.15) is 43.9 Å². The normalized spacial score (nSPS) is 45.5. The average Bonchev–Trinajstić information content (AvgIpc) is 3.02. The Labute approximate surface area is 233 Å². The molecule has 4 nitrogen and oxygen atoms in total. The fourth-order valence-corrected chi connectivity index (χ4v) is 3.64. The third kappa shape index (κ3) is 6.64. The lowest BCUT2D eigenvalue weighted by Crippen LogP contribution is -2.65. The summed E-state index contributed by atoms with van der Waals surface area (Å²) in [7, 11) is 0. The van der Waals surface area contributed by atoms with Crippen LogP contribution in [-0.2, 0) is 18.9 Å². The number of halogens is 17. The quantitative estimate of drug-likeness (QED) is 0.274. The maximum absolute atomic E-state index is 13.4. The highest BCUT2D eigenvalue weighted by molar-refractivity contribution is 5.10. The van der Waals surface area contributed by atoms with E-state index in [0.29, 0.717) is 27.7 Å². The molecule has 6 atom stereocenters. The topological polar surface area (TPSA) is 36.9 Å². The van der Waals surface area contributed by atoms with Crippen LogP contribution in [0.4, 0.5) is 74.6 Å². The van der Waals surface area contributed by atoms with Gasteiger partial charge in [-0.25, -0.2) is 30.7 Å². The third-order valence-electron chi connectivity index (χ3n) is 6.71. The van der Waals surface area contributed by atoms with E-state index < -0.39 is 90.0 Å². The van der Waals surface area contributed by atoms with Crippen molar-refractivity contribution >= 4 is 0 Å². The zero-order chi connectivity index (χ0) is 34.9. The standard InChI is InChI=1S/C8H10F6O.C7H8F6O.C7H9F5O2/c1-3-6(10)4-5(2,9)7(11,12)8(13,14)15-6;1-4(8)3-14-7(13,5(2,9)10)6(4,11)12;1-4(8)5(2,9)14-6(3,13-4)7(10,11)12/h3-4H2,1-2H3;3H2,1-2H3;1-3H3. The number of alkyl halides is 17. The molecule has 0 aromatic heterocycles. The molecule has 3 saturated heterocycles. The Morgan fingerprint density at radius 2 is 1.00 bits per heavy atom. The second-order valence-corrected chi connectivity index (χ2v) is 10.8. The van der Waals surface area contributed by atoms with Gasteiger partial charge >= 0.3 is 35.9 Å². The van der Waals surface area contributed by atoms with Gasteiger partial charge in [0, 0.05) is 33.6 Å². The van der Waals surface area contributed by atoms with Crippen molar-refractivity contribution in [1.29, 1.82) is 0 Å². The summed E-state index contributed by atoms with van der Waals surface area (Å²) >= 11 is 0. The Morgan fingerprint density at radius 1 is 0.605 bits per heavy atom. The highest BCUT2D eigenvalue weighted by Crippen LogP contribution is 2.57. The van der Waals surface area contributed by atoms with E-state index in [4.69, 9.17) is 0 Å². The smallest absolute Gasteiger partial charge is 0.333 e. The molecule has 3 heterocycles. The zero-order valence-electron chi connectivity index (χ0n) is 23.2. The third-order valence-corrected chi connectivity index (χ3v) is 6.71. The summed E-state index contributed by atoms with van der Waals surface area (Å²) in [6, 6.07) is 0. The van der Waals surface area contributed by atoms with Crippen LogP contribution in [0.5, 0.6) is 0 Å². The van der Waals surface area contributed by atoms with Crippen molar-refractivity contribution < 1.29 is 93.6 Å². The molecule has 43 heavy (non-hydrogen) atoms. The molecule has 0 spiro atoms. The van der Waals surface area contributed by atoms with E-state index in [0.717, 1.165) is 6.92 Å². The molecule has 3 aliphatic rings. The fourth-order valence-electron chi connectivity index (χ4n) is 3.64. The van der Waals surface area contributed by atoms with Crippen LogP contribution in [0.2, 0.25) is 0 Å². The number of hydrogen-bond acceptors (Lipinski definition) is 4. The second kappa shape index (κ2) is 10.6. The summed E-state index contributed by atoms with van der Waals surface area (Å²) in [6.07, 6.45) is -12.2. The van der Waals surface area contributed by atoms with Gasteiger partial charge in [0.25, 0.3) is 17.5 Å². The minimum atomic E-state index is -5.14. The first-order valence-electron chi connectivity index (χ1n) is 11.8. The van der Waals surface area contributed by atoms with Crippen molar-refractivity contribution in [3.05, 3.63) is 0 Å². The molecule has 0 N–H and O–H groups in total. The van der Waals surface area contributed by atoms with E-state index >= 15 is 0 Å². The summed E-state index contributed by atoms with van der Waals surface area (Å²) in [5, 5.41) is 0. The molecule has 3 fully saturated rings. The second-order valence-electron chi connectivity index (χ2n) is 10.8. The SMILES string of the molecule is CC(F)(F)C1(F)OCC(C)(F)C1(F)F.CC1(F)OC(C)(C(F)(F)F)OC1(C)F.CCC1(F)CC(C)(F)C(F)(F)C(F)(F)O1. The lowest BCUT2D eigenvalue weighted by molar-refractivity contribution is -0.459. The van der Waals surface area contributed by atoms with Crippen LogP contribution >= 0.6 is 0 Å². The fraction of sp³-hybridized carbons (Fsp3) is 1.00. The van der Waals surface area contributed by atoms with Gasteiger partial charge in [-0.05, 0) is 20.8 Å². The molecule has 0 saturated carbocycles. The molecular weight excluding hydrogens is 651 g/mol. The molecule has 0 aromatic rings. The van der Waals surface area contributed by atoms with Crippen LogP contribution in [0.25, 0.3) is 0 Å². The minimum absolute atomic E-state index is 0.0810. The van der Waals surface area contributed by atoms with Crippen LogP contribution in [0.1, 0.15) is 61.3 Å². The average molecular weight is 678 g/mol. The van der Waals surface area contributed by atoms with Gasteiger partial charge in [0.15, 0.2) is 5.67 Å². The molecule has 6 unspecified atom stereocenters. The zero-order valence-corrected chi connectivity index (χ0v) is 23.2. The van der Waals surface area contributed by atoms with Gasteiger partial charge in [0.1, 0.15) is 0 Å². The van der Waals surface area contributed by atoms with Crippen LogP contribution in [0.15, 0.2) is 0 Å². The molecule has 0 amide bonds. The van der Waals surface area contributed by atoms with E-state index in [9.17, 15) is 74.6 Å². The summed E-state index contributed by atoms with van der Waals surface area (Å²) in [5.74, 6) is -31.5. The highest BCUT2D eigenvalue weighted by Gasteiger charge is 2.81. The van der Waals surface area contributed by atoms with E-state index in [1.807, 2.05) is 0 Å². The lowest BCUT2D eigenvalue weighted by Gasteiger charge is -2.45. The molecule has 3 rings (SSSR count). The maximum Gasteiger partial charge on any atom is 0.443 e. The number of rotatable bonds is 2. The maximum atomic E-state index is 13.4. The molecule has 21 heteroatoms. The largest absolute Gasteiger partial charge is 0.443 e.